The summed E-state index contributed by atoms with van der Waals surface area (Å²) in [6.07, 6.45) is 15.5. The first-order valence-electron chi connectivity index (χ1n) is 11.1. The molecule has 156 valence electrons. The molecule has 4 aliphatic carbocycles. The van der Waals surface area contributed by atoms with Crippen molar-refractivity contribution in [3.63, 3.8) is 0 Å². The predicted molar refractivity (Wildman–Crippen MR) is 111 cm³/mol. The number of esters is 1. The van der Waals surface area contributed by atoms with Crippen LogP contribution >= 0.6 is 0 Å². The van der Waals surface area contributed by atoms with E-state index in [0.717, 1.165) is 38.5 Å². The molecule has 1 aromatic heterocycles. The van der Waals surface area contributed by atoms with Gasteiger partial charge in [0.25, 0.3) is 0 Å². The maximum absolute atomic E-state index is 12.2. The number of aliphatic hydroxyl groups excluding tert-OH is 1. The van der Waals surface area contributed by atoms with E-state index < -0.39 is 0 Å². The molecule has 0 aliphatic heterocycles. The molecule has 6 atom stereocenters. The van der Waals surface area contributed by atoms with E-state index >= 15 is 0 Å². The maximum Gasteiger partial charge on any atom is 0.356 e. The first kappa shape index (κ1) is 19.1. The SMILES string of the molecule is COC(=O)c1cncn1C1=CCC2C3CC=C4C[C@@H](O)CC[C@]4(C)C3CC[C@]12C. The van der Waals surface area contributed by atoms with Gasteiger partial charge < -0.3 is 9.84 Å². The van der Waals surface area contributed by atoms with Gasteiger partial charge in [0.15, 0.2) is 5.69 Å². The monoisotopic (exact) mass is 396 g/mol. The first-order valence-corrected chi connectivity index (χ1v) is 11.1. The Morgan fingerprint density at radius 1 is 1.17 bits per heavy atom. The Labute approximate surface area is 172 Å². The van der Waals surface area contributed by atoms with Gasteiger partial charge in [-0.25, -0.2) is 9.78 Å². The van der Waals surface area contributed by atoms with Gasteiger partial charge >= 0.3 is 5.97 Å². The summed E-state index contributed by atoms with van der Waals surface area (Å²) >= 11 is 0. The molecule has 0 radical (unpaired) electrons. The van der Waals surface area contributed by atoms with Crippen LogP contribution in [-0.4, -0.2) is 33.8 Å². The minimum Gasteiger partial charge on any atom is -0.464 e. The van der Waals surface area contributed by atoms with Crippen LogP contribution in [0.1, 0.15) is 69.3 Å². The zero-order chi connectivity index (χ0) is 20.4. The average Bonchev–Trinajstić information content (AvgIpc) is 3.31. The molecule has 5 nitrogen and oxygen atoms in total. The first-order chi connectivity index (χ1) is 13.9. The molecule has 1 aromatic rings. The largest absolute Gasteiger partial charge is 0.464 e. The predicted octanol–water partition coefficient (Wildman–Crippen LogP) is 4.44. The molecule has 2 fully saturated rings. The third kappa shape index (κ3) is 2.62. The number of nitrogens with zero attached hydrogens (tertiary/aromatic N) is 2. The van der Waals surface area contributed by atoms with Crippen LogP contribution in [0.25, 0.3) is 5.70 Å². The van der Waals surface area contributed by atoms with Crippen molar-refractivity contribution < 1.29 is 14.6 Å². The van der Waals surface area contributed by atoms with Crippen molar-refractivity contribution in [1.82, 2.24) is 9.55 Å². The molecule has 1 heterocycles. The summed E-state index contributed by atoms with van der Waals surface area (Å²) in [7, 11) is 1.42. The summed E-state index contributed by atoms with van der Waals surface area (Å²) in [6.45, 7) is 4.85. The van der Waals surface area contributed by atoms with Gasteiger partial charge in [-0.2, -0.15) is 0 Å². The van der Waals surface area contributed by atoms with Gasteiger partial charge in [0.2, 0.25) is 0 Å². The van der Waals surface area contributed by atoms with Crippen LogP contribution < -0.4 is 0 Å². The second-order valence-electron chi connectivity index (χ2n) is 10.1. The number of hydrogen-bond acceptors (Lipinski definition) is 4. The van der Waals surface area contributed by atoms with Crippen LogP contribution in [0.4, 0.5) is 0 Å². The number of aliphatic hydroxyl groups is 1. The minimum absolute atomic E-state index is 0.0561. The topological polar surface area (TPSA) is 64.3 Å². The van der Waals surface area contributed by atoms with Crippen LogP contribution in [0.15, 0.2) is 30.2 Å². The van der Waals surface area contributed by atoms with E-state index in [2.05, 4.69) is 31.0 Å². The summed E-state index contributed by atoms with van der Waals surface area (Å²) in [5.41, 5.74) is 3.55. The number of carbonyl (C=O) groups is 1. The summed E-state index contributed by atoms with van der Waals surface area (Å²) in [5.74, 6) is 1.62. The summed E-state index contributed by atoms with van der Waals surface area (Å²) < 4.78 is 6.94. The van der Waals surface area contributed by atoms with E-state index in [-0.39, 0.29) is 22.9 Å². The number of ether oxygens (including phenoxy) is 1. The Kier molecular flexibility index (Phi) is 4.32. The number of methoxy groups -OCH3 is 1. The van der Waals surface area contributed by atoms with Crippen LogP contribution in [0, 0.1) is 28.6 Å². The number of fused-ring (bicyclic) bond motifs is 5. The third-order valence-corrected chi connectivity index (χ3v) is 8.91. The Hall–Kier alpha value is -1.88. The van der Waals surface area contributed by atoms with Gasteiger partial charge in [0.1, 0.15) is 0 Å². The van der Waals surface area contributed by atoms with Gasteiger partial charge in [-0.05, 0) is 68.1 Å². The van der Waals surface area contributed by atoms with E-state index in [0.29, 0.717) is 23.4 Å². The van der Waals surface area contributed by atoms with Crippen LogP contribution in [0.5, 0.6) is 0 Å². The Morgan fingerprint density at radius 2 is 1.97 bits per heavy atom. The van der Waals surface area contributed by atoms with Crippen molar-refractivity contribution in [1.29, 1.82) is 0 Å². The molecule has 4 aliphatic rings. The quantitative estimate of drug-likeness (QED) is 0.593. The second kappa shape index (κ2) is 6.56. The number of aromatic nitrogens is 2. The third-order valence-electron chi connectivity index (χ3n) is 8.91. The molecule has 29 heavy (non-hydrogen) atoms. The summed E-state index contributed by atoms with van der Waals surface area (Å²) in [4.78, 5) is 16.5. The van der Waals surface area contributed by atoms with Gasteiger partial charge in [0, 0.05) is 11.1 Å². The van der Waals surface area contributed by atoms with Crippen molar-refractivity contribution >= 4 is 11.7 Å². The van der Waals surface area contributed by atoms with Crippen molar-refractivity contribution in [2.45, 2.75) is 64.9 Å². The normalized spacial score (nSPS) is 41.0. The number of imidazole rings is 1. The Morgan fingerprint density at radius 3 is 2.76 bits per heavy atom. The highest BCUT2D eigenvalue weighted by Gasteiger charge is 2.57. The van der Waals surface area contributed by atoms with Crippen molar-refractivity contribution in [3.8, 4) is 0 Å². The number of carbonyl (C=O) groups excluding carboxylic acids is 1. The van der Waals surface area contributed by atoms with Gasteiger partial charge in [-0.3, -0.25) is 4.57 Å². The zero-order valence-corrected chi connectivity index (χ0v) is 17.7. The molecule has 5 rings (SSSR count). The fraction of sp³-hybridized carbons (Fsp3) is 0.667. The highest BCUT2D eigenvalue weighted by Crippen LogP contribution is 2.65. The lowest BCUT2D eigenvalue weighted by atomic mass is 9.48. The van der Waals surface area contributed by atoms with Crippen molar-refractivity contribution in [2.24, 2.45) is 28.6 Å². The molecule has 5 heteroatoms. The molecular weight excluding hydrogens is 364 g/mol. The van der Waals surface area contributed by atoms with E-state index in [9.17, 15) is 9.90 Å². The fourth-order valence-electron chi connectivity index (χ4n) is 7.30. The van der Waals surface area contributed by atoms with Crippen molar-refractivity contribution in [2.75, 3.05) is 7.11 Å². The number of allylic oxidation sites excluding steroid dienone is 3. The Bertz CT molecular complexity index is 900. The van der Waals surface area contributed by atoms with Crippen LogP contribution in [-0.2, 0) is 4.74 Å². The van der Waals surface area contributed by atoms with Gasteiger partial charge in [-0.15, -0.1) is 0 Å². The lowest BCUT2D eigenvalue weighted by molar-refractivity contribution is -0.0250. The van der Waals surface area contributed by atoms with E-state index in [1.54, 1.807) is 12.5 Å². The van der Waals surface area contributed by atoms with E-state index in [4.69, 9.17) is 4.74 Å². The number of rotatable bonds is 2. The standard InChI is InChI=1S/C24H32N2O3/c1-23-10-8-16(27)12-15(23)4-5-17-18-6-7-21(24(18,2)11-9-19(17)23)26-14-25-13-20(26)22(28)29-3/h4,7,13-14,16-19,27H,5-6,8-12H2,1-3H3/t16-,17?,18?,19?,23-,24-/m0/s1. The zero-order valence-electron chi connectivity index (χ0n) is 17.7. The molecule has 1 N–H and O–H groups in total. The summed E-state index contributed by atoms with van der Waals surface area (Å²) in [6, 6.07) is 0. The lowest BCUT2D eigenvalue weighted by Gasteiger charge is -2.57. The molecular formula is C24H32N2O3. The van der Waals surface area contributed by atoms with Crippen molar-refractivity contribution in [3.05, 3.63) is 35.9 Å². The average molecular weight is 397 g/mol. The fourth-order valence-corrected chi connectivity index (χ4v) is 7.30. The van der Waals surface area contributed by atoms with Gasteiger partial charge in [-0.1, -0.05) is 31.6 Å². The molecule has 0 aromatic carbocycles. The highest BCUT2D eigenvalue weighted by atomic mass is 16.5. The minimum atomic E-state index is -0.331. The lowest BCUT2D eigenvalue weighted by Crippen LogP contribution is -2.50. The number of hydrogen-bond donors (Lipinski definition) is 1. The molecule has 2 saturated carbocycles. The maximum atomic E-state index is 12.2. The van der Waals surface area contributed by atoms with Gasteiger partial charge in [0.05, 0.1) is 25.7 Å². The van der Waals surface area contributed by atoms with Crippen LogP contribution in [0.2, 0.25) is 0 Å². The highest BCUT2D eigenvalue weighted by molar-refractivity contribution is 5.89. The molecule has 0 bridgehead atoms. The molecule has 0 spiro atoms. The van der Waals surface area contributed by atoms with E-state index in [1.807, 2.05) is 4.57 Å². The molecule has 0 amide bonds. The van der Waals surface area contributed by atoms with E-state index in [1.165, 1.54) is 24.8 Å². The second-order valence-corrected chi connectivity index (χ2v) is 10.1. The molecule has 0 saturated heterocycles. The van der Waals surface area contributed by atoms with Crippen LogP contribution in [0.3, 0.4) is 0 Å². The summed E-state index contributed by atoms with van der Waals surface area (Å²) in [5, 5.41) is 10.2. The molecule has 3 unspecified atom stereocenters. The Balaban J connectivity index is 1.47. The smallest absolute Gasteiger partial charge is 0.356 e.